The summed E-state index contributed by atoms with van der Waals surface area (Å²) in [6.45, 7) is 9.43. The molecule has 2 aromatic carbocycles. The number of hydrogen-bond acceptors (Lipinski definition) is 9. The number of nitrogens with one attached hydrogen (secondary N) is 2. The van der Waals surface area contributed by atoms with Gasteiger partial charge in [-0.2, -0.15) is 4.72 Å². The van der Waals surface area contributed by atoms with Gasteiger partial charge >= 0.3 is 11.9 Å². The minimum Gasteiger partial charge on any atom is -0.466 e. The van der Waals surface area contributed by atoms with Gasteiger partial charge in [0.15, 0.2) is 0 Å². The highest BCUT2D eigenvalue weighted by molar-refractivity contribution is 7.89. The van der Waals surface area contributed by atoms with Crippen LogP contribution in [0.5, 0.6) is 0 Å². The Balaban J connectivity index is 1.59. The van der Waals surface area contributed by atoms with Crippen LogP contribution in [0.15, 0.2) is 59.6 Å². The van der Waals surface area contributed by atoms with E-state index in [9.17, 15) is 18.0 Å². The van der Waals surface area contributed by atoms with Crippen molar-refractivity contribution in [1.29, 1.82) is 0 Å². The van der Waals surface area contributed by atoms with Crippen molar-refractivity contribution >= 4 is 49.6 Å². The van der Waals surface area contributed by atoms with Crippen LogP contribution < -0.4 is 10.0 Å². The van der Waals surface area contributed by atoms with E-state index in [1.165, 1.54) is 6.07 Å². The Morgan fingerprint density at radius 3 is 2.50 bits per heavy atom. The van der Waals surface area contributed by atoms with E-state index >= 15 is 0 Å². The maximum absolute atomic E-state index is 13.6. The van der Waals surface area contributed by atoms with Crippen molar-refractivity contribution < 1.29 is 27.5 Å². The molecule has 0 aliphatic heterocycles. The summed E-state index contributed by atoms with van der Waals surface area (Å²) in [4.78, 5) is 34.1. The second-order valence-corrected chi connectivity index (χ2v) is 12.5. The summed E-state index contributed by atoms with van der Waals surface area (Å²) in [7, 11) is -4.12. The zero-order valence-electron chi connectivity index (χ0n) is 24.5. The van der Waals surface area contributed by atoms with Crippen LogP contribution in [0, 0.1) is 6.92 Å². The van der Waals surface area contributed by atoms with Crippen LogP contribution in [0.1, 0.15) is 46.4 Å². The van der Waals surface area contributed by atoms with Gasteiger partial charge in [-0.25, -0.2) is 18.4 Å². The van der Waals surface area contributed by atoms with Crippen LogP contribution in [0.3, 0.4) is 0 Å². The predicted octanol–water partition coefficient (Wildman–Crippen LogP) is 4.34. The van der Waals surface area contributed by atoms with Crippen molar-refractivity contribution in [3.05, 3.63) is 60.6 Å². The summed E-state index contributed by atoms with van der Waals surface area (Å²) in [6, 6.07) is 12.7. The van der Waals surface area contributed by atoms with E-state index in [1.54, 1.807) is 52.8 Å². The molecule has 4 aromatic rings. The van der Waals surface area contributed by atoms with Crippen LogP contribution in [-0.4, -0.2) is 59.7 Å². The fraction of sp³-hybridized carbons (Fsp3) is 0.400. The van der Waals surface area contributed by atoms with Crippen LogP contribution in [0.4, 0.5) is 5.82 Å². The Morgan fingerprint density at radius 1 is 1.02 bits per heavy atom. The zero-order chi connectivity index (χ0) is 30.5. The minimum atomic E-state index is -4.12. The molecule has 0 saturated carbocycles. The number of aryl methyl sites for hydroxylation is 2. The molecule has 0 aliphatic rings. The van der Waals surface area contributed by atoms with Crippen molar-refractivity contribution in [3.8, 4) is 0 Å². The number of benzene rings is 2. The maximum Gasteiger partial charge on any atom is 0.326 e. The molecule has 1 atom stereocenters. The maximum atomic E-state index is 13.6. The number of carbonyl (C=O) groups is 2. The molecule has 0 bridgehead atoms. The fourth-order valence-electron chi connectivity index (χ4n) is 4.54. The van der Waals surface area contributed by atoms with Crippen molar-refractivity contribution in [2.45, 2.75) is 70.5 Å². The quantitative estimate of drug-likeness (QED) is 0.229. The molecular formula is C30H37N5O6S. The predicted molar refractivity (Wildman–Crippen MR) is 161 cm³/mol. The molecule has 2 N–H and O–H groups in total. The Labute approximate surface area is 245 Å². The Morgan fingerprint density at radius 2 is 1.76 bits per heavy atom. The number of aromatic nitrogens is 3. The fourth-order valence-corrected chi connectivity index (χ4v) is 5.96. The van der Waals surface area contributed by atoms with E-state index in [0.717, 1.165) is 5.39 Å². The van der Waals surface area contributed by atoms with Gasteiger partial charge in [0.2, 0.25) is 10.0 Å². The van der Waals surface area contributed by atoms with Gasteiger partial charge in [-0.15, -0.1) is 0 Å². The number of hydrogen-bond donors (Lipinski definition) is 2. The summed E-state index contributed by atoms with van der Waals surface area (Å²) in [5.41, 5.74) is -0.182. The Bertz CT molecular complexity index is 1690. The number of esters is 2. The van der Waals surface area contributed by atoms with Gasteiger partial charge in [-0.05, 0) is 58.6 Å². The van der Waals surface area contributed by atoms with E-state index in [0.29, 0.717) is 47.6 Å². The average Bonchev–Trinajstić information content (AvgIpc) is 3.32. The van der Waals surface area contributed by atoms with Gasteiger partial charge in [-0.3, -0.25) is 9.59 Å². The van der Waals surface area contributed by atoms with Gasteiger partial charge in [0.25, 0.3) is 0 Å². The molecule has 11 nitrogen and oxygen atoms in total. The van der Waals surface area contributed by atoms with E-state index in [4.69, 9.17) is 9.47 Å². The molecule has 42 heavy (non-hydrogen) atoms. The number of nitrogens with zero attached hydrogens (tertiary/aromatic N) is 3. The SMILES string of the molecule is CCOC(=O)CCCn1ccc2c(NCC(NS(=O)(=O)c3cccc4ccccc34)C(=O)OC(C)(C)C)nc(C)nc21. The number of fused-ring (bicyclic) bond motifs is 2. The molecule has 0 spiro atoms. The Kier molecular flexibility index (Phi) is 9.47. The normalized spacial score (nSPS) is 12.8. The van der Waals surface area contributed by atoms with Crippen LogP contribution in [0.2, 0.25) is 0 Å². The largest absolute Gasteiger partial charge is 0.466 e. The minimum absolute atomic E-state index is 0.0642. The second kappa shape index (κ2) is 12.9. The molecule has 0 saturated heterocycles. The highest BCUT2D eigenvalue weighted by Crippen LogP contribution is 2.25. The molecule has 2 heterocycles. The van der Waals surface area contributed by atoms with Gasteiger partial charge in [0, 0.05) is 31.1 Å². The number of sulfonamides is 1. The molecule has 224 valence electrons. The third-order valence-corrected chi connectivity index (χ3v) is 7.85. The van der Waals surface area contributed by atoms with Gasteiger partial charge in [0.05, 0.1) is 16.9 Å². The first-order valence-corrected chi connectivity index (χ1v) is 15.3. The molecule has 0 radical (unpaired) electrons. The van der Waals surface area contributed by atoms with Crippen molar-refractivity contribution in [2.75, 3.05) is 18.5 Å². The number of anilines is 1. The van der Waals surface area contributed by atoms with Gasteiger partial charge in [0.1, 0.15) is 28.9 Å². The van der Waals surface area contributed by atoms with E-state index in [1.807, 2.05) is 35.0 Å². The molecule has 1 unspecified atom stereocenters. The number of carbonyl (C=O) groups excluding carboxylic acids is 2. The van der Waals surface area contributed by atoms with Crippen molar-refractivity contribution in [2.24, 2.45) is 0 Å². The summed E-state index contributed by atoms with van der Waals surface area (Å²) in [6.07, 6.45) is 2.71. The monoisotopic (exact) mass is 595 g/mol. The zero-order valence-corrected chi connectivity index (χ0v) is 25.3. The lowest BCUT2D eigenvalue weighted by atomic mass is 10.1. The Hall–Kier alpha value is -4.03. The lowest BCUT2D eigenvalue weighted by Gasteiger charge is -2.25. The summed E-state index contributed by atoms with van der Waals surface area (Å²) >= 11 is 0. The van der Waals surface area contributed by atoms with Gasteiger partial charge < -0.3 is 19.4 Å². The lowest BCUT2D eigenvalue weighted by Crippen LogP contribution is -2.48. The smallest absolute Gasteiger partial charge is 0.326 e. The van der Waals surface area contributed by atoms with Crippen LogP contribution >= 0.6 is 0 Å². The second-order valence-electron chi connectivity index (χ2n) is 10.8. The number of ether oxygens (including phenoxy) is 2. The molecule has 0 aliphatic carbocycles. The van der Waals surface area contributed by atoms with Gasteiger partial charge in [-0.1, -0.05) is 36.4 Å². The van der Waals surface area contributed by atoms with Crippen molar-refractivity contribution in [3.63, 3.8) is 0 Å². The summed E-state index contributed by atoms with van der Waals surface area (Å²) in [5, 5.41) is 5.14. The standard InChI is InChI=1S/C30H37N5O6S/c1-6-40-26(36)15-10-17-35-18-16-23-27(32-20(2)33-28(23)35)31-19-24(29(37)41-30(3,4)5)34-42(38,39)25-14-9-12-21-11-7-8-13-22(21)25/h7-9,11-14,16,18,24,34H,6,10,15,17,19H2,1-5H3,(H,31,32,33). The molecule has 2 aromatic heterocycles. The first kappa shape index (κ1) is 30.9. The first-order valence-electron chi connectivity index (χ1n) is 13.8. The third kappa shape index (κ3) is 7.62. The molecule has 12 heteroatoms. The van der Waals surface area contributed by atoms with E-state index in [-0.39, 0.29) is 23.8 Å². The van der Waals surface area contributed by atoms with Crippen molar-refractivity contribution in [1.82, 2.24) is 19.3 Å². The first-order chi connectivity index (χ1) is 19.9. The molecule has 4 rings (SSSR count). The van der Waals surface area contributed by atoms with Crippen LogP contribution in [-0.2, 0) is 35.6 Å². The van der Waals surface area contributed by atoms with E-state index in [2.05, 4.69) is 20.0 Å². The number of rotatable bonds is 12. The summed E-state index contributed by atoms with van der Waals surface area (Å²) in [5.74, 6) is -0.0429. The highest BCUT2D eigenvalue weighted by Gasteiger charge is 2.31. The third-order valence-electron chi connectivity index (χ3n) is 6.32. The summed E-state index contributed by atoms with van der Waals surface area (Å²) < 4.78 is 42.2. The average molecular weight is 596 g/mol. The molecule has 0 fully saturated rings. The topological polar surface area (TPSA) is 142 Å². The molecule has 0 amide bonds. The van der Waals surface area contributed by atoms with Crippen LogP contribution in [0.25, 0.3) is 21.8 Å². The van der Waals surface area contributed by atoms with E-state index < -0.39 is 27.6 Å². The molecular weight excluding hydrogens is 558 g/mol. The highest BCUT2D eigenvalue weighted by atomic mass is 32.2. The lowest BCUT2D eigenvalue weighted by molar-refractivity contribution is -0.156.